The van der Waals surface area contributed by atoms with Crippen LogP contribution in [-0.2, 0) is 15.9 Å². The lowest BCUT2D eigenvalue weighted by Crippen LogP contribution is -2.45. The van der Waals surface area contributed by atoms with E-state index in [-0.39, 0.29) is 18.3 Å². The SMILES string of the molecule is CO[C@@H]1O[C@H](C)C[C@H](O)[C@H]1Cc1ncns1. The number of aliphatic hydroxyl groups excluding tert-OH is 1. The zero-order valence-electron chi connectivity index (χ0n) is 9.37. The van der Waals surface area contributed by atoms with E-state index in [1.807, 2.05) is 6.92 Å². The first-order valence-corrected chi connectivity index (χ1v) is 6.10. The van der Waals surface area contributed by atoms with Gasteiger partial charge in [0, 0.05) is 19.4 Å². The van der Waals surface area contributed by atoms with Gasteiger partial charge in [-0.05, 0) is 24.9 Å². The predicted molar refractivity (Wildman–Crippen MR) is 59.1 cm³/mol. The Hall–Kier alpha value is -0.560. The summed E-state index contributed by atoms with van der Waals surface area (Å²) in [5.41, 5.74) is 0. The normalized spacial score (nSPS) is 35.2. The second kappa shape index (κ2) is 5.18. The second-order valence-electron chi connectivity index (χ2n) is 4.06. The average molecular weight is 244 g/mol. The third-order valence-electron chi connectivity index (χ3n) is 2.83. The zero-order valence-corrected chi connectivity index (χ0v) is 10.2. The minimum atomic E-state index is -0.405. The highest BCUT2D eigenvalue weighted by Crippen LogP contribution is 2.29. The summed E-state index contributed by atoms with van der Waals surface area (Å²) in [6, 6.07) is 0. The van der Waals surface area contributed by atoms with Gasteiger partial charge in [-0.2, -0.15) is 4.37 Å². The Balaban J connectivity index is 2.05. The molecule has 1 aromatic heterocycles. The van der Waals surface area contributed by atoms with E-state index in [0.29, 0.717) is 12.8 Å². The molecule has 0 amide bonds. The van der Waals surface area contributed by atoms with E-state index < -0.39 is 6.10 Å². The standard InChI is InChI=1S/C10H16N2O3S/c1-6-3-8(13)7(10(14-2)15-6)4-9-11-5-12-16-9/h5-8,10,13H,3-4H2,1-2H3/t6-,7-,8+,10-/m1/s1. The van der Waals surface area contributed by atoms with Crippen molar-refractivity contribution >= 4 is 11.5 Å². The van der Waals surface area contributed by atoms with Crippen LogP contribution in [0.4, 0.5) is 0 Å². The van der Waals surface area contributed by atoms with Gasteiger partial charge in [0.25, 0.3) is 0 Å². The molecule has 0 saturated carbocycles. The highest BCUT2D eigenvalue weighted by molar-refractivity contribution is 7.05. The molecule has 0 radical (unpaired) electrons. The fourth-order valence-electron chi connectivity index (χ4n) is 2.03. The van der Waals surface area contributed by atoms with E-state index in [4.69, 9.17) is 9.47 Å². The molecule has 6 heteroatoms. The molecule has 0 aromatic carbocycles. The smallest absolute Gasteiger partial charge is 0.163 e. The summed E-state index contributed by atoms with van der Waals surface area (Å²) in [5.74, 6) is -0.0610. The summed E-state index contributed by atoms with van der Waals surface area (Å²) in [4.78, 5) is 4.12. The summed E-state index contributed by atoms with van der Waals surface area (Å²) < 4.78 is 14.9. The second-order valence-corrected chi connectivity index (χ2v) is 4.92. The Morgan fingerprint density at radius 3 is 3.12 bits per heavy atom. The van der Waals surface area contributed by atoms with E-state index in [1.165, 1.54) is 17.9 Å². The van der Waals surface area contributed by atoms with Gasteiger partial charge in [0.1, 0.15) is 11.3 Å². The Bertz CT molecular complexity index is 320. The molecule has 0 bridgehead atoms. The van der Waals surface area contributed by atoms with Crippen LogP contribution in [0.2, 0.25) is 0 Å². The highest BCUT2D eigenvalue weighted by atomic mass is 32.1. The van der Waals surface area contributed by atoms with Crippen LogP contribution in [0.3, 0.4) is 0 Å². The fraction of sp³-hybridized carbons (Fsp3) is 0.800. The van der Waals surface area contributed by atoms with Gasteiger partial charge in [0.15, 0.2) is 6.29 Å². The molecule has 1 aromatic rings. The van der Waals surface area contributed by atoms with Gasteiger partial charge < -0.3 is 14.6 Å². The molecule has 1 fully saturated rings. The summed E-state index contributed by atoms with van der Waals surface area (Å²) in [5, 5.41) is 10.9. The summed E-state index contributed by atoms with van der Waals surface area (Å²) in [6.07, 6.45) is 2.09. The van der Waals surface area contributed by atoms with Crippen LogP contribution in [0.1, 0.15) is 18.4 Å². The Labute approximate surface area is 98.6 Å². The first-order chi connectivity index (χ1) is 7.70. The van der Waals surface area contributed by atoms with Crippen molar-refractivity contribution < 1.29 is 14.6 Å². The number of nitrogens with zero attached hydrogens (tertiary/aromatic N) is 2. The molecule has 1 aliphatic heterocycles. The van der Waals surface area contributed by atoms with Crippen molar-refractivity contribution in [3.05, 3.63) is 11.3 Å². The number of aromatic nitrogens is 2. The maximum Gasteiger partial charge on any atom is 0.163 e. The Kier molecular flexibility index (Phi) is 3.86. The molecule has 0 unspecified atom stereocenters. The Morgan fingerprint density at radius 1 is 1.69 bits per heavy atom. The monoisotopic (exact) mass is 244 g/mol. The third kappa shape index (κ3) is 2.57. The first-order valence-electron chi connectivity index (χ1n) is 5.32. The van der Waals surface area contributed by atoms with Gasteiger partial charge in [0.2, 0.25) is 0 Å². The van der Waals surface area contributed by atoms with Crippen LogP contribution in [0.15, 0.2) is 6.33 Å². The van der Waals surface area contributed by atoms with Crippen molar-refractivity contribution in [3.63, 3.8) is 0 Å². The average Bonchev–Trinajstić information content (AvgIpc) is 2.74. The van der Waals surface area contributed by atoms with Crippen molar-refractivity contribution in [2.75, 3.05) is 7.11 Å². The van der Waals surface area contributed by atoms with Crippen LogP contribution in [0.5, 0.6) is 0 Å². The minimum absolute atomic E-state index is 0.0330. The van der Waals surface area contributed by atoms with Gasteiger partial charge in [-0.15, -0.1) is 0 Å². The van der Waals surface area contributed by atoms with Crippen LogP contribution in [-0.4, -0.2) is 40.1 Å². The quantitative estimate of drug-likeness (QED) is 0.853. The number of ether oxygens (including phenoxy) is 2. The minimum Gasteiger partial charge on any atom is -0.393 e. The van der Waals surface area contributed by atoms with E-state index in [9.17, 15) is 5.11 Å². The van der Waals surface area contributed by atoms with Gasteiger partial charge >= 0.3 is 0 Å². The molecule has 5 nitrogen and oxygen atoms in total. The molecular formula is C10H16N2O3S. The molecular weight excluding hydrogens is 228 g/mol. The van der Waals surface area contributed by atoms with Crippen molar-refractivity contribution in [1.82, 2.24) is 9.36 Å². The van der Waals surface area contributed by atoms with E-state index in [0.717, 1.165) is 5.01 Å². The van der Waals surface area contributed by atoms with Crippen molar-refractivity contribution in [3.8, 4) is 0 Å². The maximum absolute atomic E-state index is 10.0. The summed E-state index contributed by atoms with van der Waals surface area (Å²) in [7, 11) is 1.60. The number of hydrogen-bond donors (Lipinski definition) is 1. The van der Waals surface area contributed by atoms with E-state index in [1.54, 1.807) is 7.11 Å². The van der Waals surface area contributed by atoms with Crippen LogP contribution in [0.25, 0.3) is 0 Å². The summed E-state index contributed by atoms with van der Waals surface area (Å²) >= 11 is 1.35. The fourth-order valence-corrected chi connectivity index (χ4v) is 2.61. The lowest BCUT2D eigenvalue weighted by molar-refractivity contribution is -0.232. The van der Waals surface area contributed by atoms with Crippen LogP contribution >= 0.6 is 11.5 Å². The van der Waals surface area contributed by atoms with E-state index >= 15 is 0 Å². The maximum atomic E-state index is 10.0. The van der Waals surface area contributed by atoms with Crippen molar-refractivity contribution in [2.24, 2.45) is 5.92 Å². The number of rotatable bonds is 3. The molecule has 1 saturated heterocycles. The Morgan fingerprint density at radius 2 is 2.50 bits per heavy atom. The lowest BCUT2D eigenvalue weighted by atomic mass is 9.91. The molecule has 2 rings (SSSR count). The van der Waals surface area contributed by atoms with Gasteiger partial charge in [0.05, 0.1) is 12.2 Å². The zero-order chi connectivity index (χ0) is 11.5. The molecule has 0 aliphatic carbocycles. The third-order valence-corrected chi connectivity index (χ3v) is 3.52. The molecule has 90 valence electrons. The molecule has 1 aliphatic rings. The molecule has 1 N–H and O–H groups in total. The summed E-state index contributed by atoms with van der Waals surface area (Å²) in [6.45, 7) is 1.94. The molecule has 16 heavy (non-hydrogen) atoms. The largest absolute Gasteiger partial charge is 0.393 e. The molecule has 0 spiro atoms. The predicted octanol–water partition coefficient (Wildman–Crippen LogP) is 0.839. The van der Waals surface area contributed by atoms with Crippen molar-refractivity contribution in [1.29, 1.82) is 0 Å². The van der Waals surface area contributed by atoms with Gasteiger partial charge in [-0.1, -0.05) is 0 Å². The van der Waals surface area contributed by atoms with Crippen LogP contribution in [0, 0.1) is 5.92 Å². The van der Waals surface area contributed by atoms with E-state index in [2.05, 4.69) is 9.36 Å². The lowest BCUT2D eigenvalue weighted by Gasteiger charge is -2.37. The number of methoxy groups -OCH3 is 1. The van der Waals surface area contributed by atoms with Crippen molar-refractivity contribution in [2.45, 2.75) is 38.3 Å². The number of hydrogen-bond acceptors (Lipinski definition) is 6. The topological polar surface area (TPSA) is 64.5 Å². The van der Waals surface area contributed by atoms with Crippen LogP contribution < -0.4 is 0 Å². The highest BCUT2D eigenvalue weighted by Gasteiger charge is 2.36. The first kappa shape index (κ1) is 11.9. The number of aliphatic hydroxyl groups is 1. The van der Waals surface area contributed by atoms with Gasteiger partial charge in [-0.25, -0.2) is 4.98 Å². The molecule has 2 heterocycles. The van der Waals surface area contributed by atoms with Gasteiger partial charge in [-0.3, -0.25) is 0 Å². The molecule has 4 atom stereocenters.